The normalized spacial score (nSPS) is 11.6. The summed E-state index contributed by atoms with van der Waals surface area (Å²) in [7, 11) is -3.78. The molecule has 0 radical (unpaired) electrons. The highest BCUT2D eigenvalue weighted by molar-refractivity contribution is 7.92. The predicted molar refractivity (Wildman–Crippen MR) is 71.1 cm³/mol. The maximum Gasteiger partial charge on any atom is 0.263 e. The first-order valence-electron chi connectivity index (χ1n) is 5.47. The van der Waals surface area contributed by atoms with E-state index in [0.29, 0.717) is 11.2 Å². The topological polar surface area (TPSA) is 140 Å². The second-order valence-electron chi connectivity index (χ2n) is 3.91. The molecule has 3 rings (SSSR count). The van der Waals surface area contributed by atoms with Crippen molar-refractivity contribution in [2.75, 3.05) is 10.5 Å². The molecule has 0 aliphatic heterocycles. The number of nitrogens with zero attached hydrogens (tertiary/aromatic N) is 4. The van der Waals surface area contributed by atoms with Gasteiger partial charge in [0, 0.05) is 5.69 Å². The van der Waals surface area contributed by atoms with E-state index in [4.69, 9.17) is 5.73 Å². The van der Waals surface area contributed by atoms with Crippen molar-refractivity contribution in [1.82, 2.24) is 25.4 Å². The van der Waals surface area contributed by atoms with Crippen LogP contribution in [0.2, 0.25) is 0 Å². The average molecular weight is 291 g/mol. The summed E-state index contributed by atoms with van der Waals surface area (Å²) in [6.45, 7) is 0. The van der Waals surface area contributed by atoms with E-state index >= 15 is 0 Å². The number of anilines is 2. The second kappa shape index (κ2) is 4.42. The van der Waals surface area contributed by atoms with E-state index in [-0.39, 0.29) is 16.4 Å². The first kappa shape index (κ1) is 12.3. The Morgan fingerprint density at radius 1 is 1.15 bits per heavy atom. The molecule has 0 bridgehead atoms. The molecule has 0 aliphatic rings. The quantitative estimate of drug-likeness (QED) is 0.582. The van der Waals surface area contributed by atoms with Crippen molar-refractivity contribution in [2.45, 2.75) is 4.90 Å². The summed E-state index contributed by atoms with van der Waals surface area (Å²) in [6, 6.07) is 5.80. The van der Waals surface area contributed by atoms with Gasteiger partial charge in [-0.05, 0) is 29.5 Å². The maximum absolute atomic E-state index is 12.2. The summed E-state index contributed by atoms with van der Waals surface area (Å²) < 4.78 is 26.7. The van der Waals surface area contributed by atoms with Crippen LogP contribution < -0.4 is 10.5 Å². The molecular formula is C10H9N7O2S. The first-order chi connectivity index (χ1) is 9.56. The monoisotopic (exact) mass is 291 g/mol. The van der Waals surface area contributed by atoms with E-state index in [0.717, 1.165) is 0 Å². The van der Waals surface area contributed by atoms with Gasteiger partial charge < -0.3 is 10.7 Å². The first-order valence-corrected chi connectivity index (χ1v) is 6.95. The van der Waals surface area contributed by atoms with Crippen molar-refractivity contribution < 1.29 is 8.42 Å². The number of fused-ring (bicyclic) bond motifs is 1. The number of hydrogen-bond acceptors (Lipinski definition) is 7. The summed E-state index contributed by atoms with van der Waals surface area (Å²) in [5.74, 6) is 0.0318. The highest BCUT2D eigenvalue weighted by Gasteiger charge is 2.17. The lowest BCUT2D eigenvalue weighted by Gasteiger charge is -2.07. The molecular weight excluding hydrogens is 282 g/mol. The molecule has 0 amide bonds. The van der Waals surface area contributed by atoms with Gasteiger partial charge in [0.05, 0.1) is 11.2 Å². The summed E-state index contributed by atoms with van der Waals surface area (Å²) in [4.78, 5) is 6.69. The number of rotatable bonds is 3. The lowest BCUT2D eigenvalue weighted by molar-refractivity contribution is 0.601. The number of H-pyrrole nitrogens is 1. The Morgan fingerprint density at radius 2 is 1.90 bits per heavy atom. The molecule has 10 heteroatoms. The van der Waals surface area contributed by atoms with Gasteiger partial charge in [-0.3, -0.25) is 4.72 Å². The molecule has 0 unspecified atom stereocenters. The Bertz CT molecular complexity index is 857. The fourth-order valence-corrected chi connectivity index (χ4v) is 2.61. The van der Waals surface area contributed by atoms with E-state index in [9.17, 15) is 8.42 Å². The lowest BCUT2D eigenvalue weighted by Crippen LogP contribution is -2.15. The van der Waals surface area contributed by atoms with E-state index in [2.05, 4.69) is 30.1 Å². The van der Waals surface area contributed by atoms with Crippen molar-refractivity contribution in [3.63, 3.8) is 0 Å². The Balaban J connectivity index is 2.01. The van der Waals surface area contributed by atoms with Crippen molar-refractivity contribution >= 4 is 32.7 Å². The van der Waals surface area contributed by atoms with Crippen LogP contribution in [0.15, 0.2) is 35.5 Å². The van der Waals surface area contributed by atoms with E-state index in [1.165, 1.54) is 30.6 Å². The van der Waals surface area contributed by atoms with Crippen LogP contribution >= 0.6 is 0 Å². The van der Waals surface area contributed by atoms with Crippen LogP contribution in [-0.4, -0.2) is 33.8 Å². The van der Waals surface area contributed by atoms with Gasteiger partial charge in [-0.2, -0.15) is 0 Å². The smallest absolute Gasteiger partial charge is 0.263 e. The number of hydrogen-bond donors (Lipinski definition) is 3. The van der Waals surface area contributed by atoms with Crippen molar-refractivity contribution in [1.29, 1.82) is 0 Å². The summed E-state index contributed by atoms with van der Waals surface area (Å²) in [6.07, 6.45) is 1.38. The van der Waals surface area contributed by atoms with Crippen molar-refractivity contribution in [3.05, 3.63) is 30.6 Å². The molecule has 0 spiro atoms. The van der Waals surface area contributed by atoms with E-state index in [1.807, 2.05) is 0 Å². The number of benzene rings is 1. The third-order valence-electron chi connectivity index (χ3n) is 2.56. The van der Waals surface area contributed by atoms with Crippen molar-refractivity contribution in [3.8, 4) is 0 Å². The average Bonchev–Trinajstić information content (AvgIpc) is 2.88. The van der Waals surface area contributed by atoms with Crippen molar-refractivity contribution in [2.24, 2.45) is 0 Å². The molecule has 9 nitrogen and oxygen atoms in total. The zero-order valence-electron chi connectivity index (χ0n) is 9.98. The highest BCUT2D eigenvalue weighted by Crippen LogP contribution is 2.19. The van der Waals surface area contributed by atoms with Crippen LogP contribution in [0.25, 0.3) is 11.2 Å². The lowest BCUT2D eigenvalue weighted by atomic mass is 10.3. The van der Waals surface area contributed by atoms with Gasteiger partial charge in [-0.1, -0.05) is 0 Å². The molecule has 0 saturated carbocycles. The molecule has 0 aliphatic carbocycles. The summed E-state index contributed by atoms with van der Waals surface area (Å²) >= 11 is 0. The number of nitrogens with two attached hydrogens (primary N) is 1. The molecule has 1 aromatic carbocycles. The number of imidazole rings is 1. The molecule has 3 aromatic rings. The van der Waals surface area contributed by atoms with Gasteiger partial charge in [-0.25, -0.2) is 13.4 Å². The zero-order valence-corrected chi connectivity index (χ0v) is 10.8. The van der Waals surface area contributed by atoms with Crippen LogP contribution in [0.5, 0.6) is 0 Å². The number of aromatic nitrogens is 5. The fraction of sp³-hybridized carbons (Fsp3) is 0. The predicted octanol–water partition coefficient (Wildman–Crippen LogP) is 0.131. The largest absolute Gasteiger partial charge is 0.399 e. The SMILES string of the molecule is Nc1ccc(S(=O)(=O)Nc2nnnc3nc[nH]c23)cc1. The molecule has 20 heavy (non-hydrogen) atoms. The van der Waals surface area contributed by atoms with Gasteiger partial charge in [0.1, 0.15) is 5.52 Å². The molecule has 2 aromatic heterocycles. The summed E-state index contributed by atoms with van der Waals surface area (Å²) in [5, 5.41) is 10.8. The van der Waals surface area contributed by atoms with Gasteiger partial charge in [0.2, 0.25) is 5.65 Å². The molecule has 0 saturated heterocycles. The molecule has 2 heterocycles. The Hall–Kier alpha value is -2.75. The maximum atomic E-state index is 12.2. The second-order valence-corrected chi connectivity index (χ2v) is 5.60. The Labute approximate surface area is 113 Å². The van der Waals surface area contributed by atoms with E-state index < -0.39 is 10.0 Å². The minimum absolute atomic E-state index is 0.0318. The number of nitrogens with one attached hydrogen (secondary N) is 2. The molecule has 0 fully saturated rings. The molecule has 4 N–H and O–H groups in total. The zero-order chi connectivity index (χ0) is 14.2. The van der Waals surface area contributed by atoms with Crippen LogP contribution in [0.1, 0.15) is 0 Å². The molecule has 102 valence electrons. The minimum Gasteiger partial charge on any atom is -0.399 e. The standard InChI is InChI=1S/C10H9N7O2S/c11-6-1-3-7(4-2-6)20(18,19)16-10-8-9(13-5-12-8)14-17-15-10/h1-5H,11H2,(H2,12,13,14,15,16). The van der Waals surface area contributed by atoms with Gasteiger partial charge >= 0.3 is 0 Å². The number of sulfonamides is 1. The van der Waals surface area contributed by atoms with Gasteiger partial charge in [0.15, 0.2) is 5.82 Å². The highest BCUT2D eigenvalue weighted by atomic mass is 32.2. The Kier molecular flexibility index (Phi) is 2.71. The minimum atomic E-state index is -3.78. The fourth-order valence-electron chi connectivity index (χ4n) is 1.60. The summed E-state index contributed by atoms with van der Waals surface area (Å²) in [5.41, 5.74) is 6.63. The van der Waals surface area contributed by atoms with E-state index in [1.54, 1.807) is 0 Å². The van der Waals surface area contributed by atoms with Crippen LogP contribution in [-0.2, 0) is 10.0 Å². The number of nitrogen functional groups attached to an aromatic ring is 1. The van der Waals surface area contributed by atoms with Crippen LogP contribution in [0, 0.1) is 0 Å². The Morgan fingerprint density at radius 3 is 2.65 bits per heavy atom. The van der Waals surface area contributed by atoms with Crippen LogP contribution in [0.3, 0.4) is 0 Å². The third-order valence-corrected chi connectivity index (χ3v) is 3.92. The van der Waals surface area contributed by atoms with Gasteiger partial charge in [-0.15, -0.1) is 10.2 Å². The van der Waals surface area contributed by atoms with Crippen LogP contribution in [0.4, 0.5) is 11.5 Å². The van der Waals surface area contributed by atoms with Gasteiger partial charge in [0.25, 0.3) is 10.0 Å². The third kappa shape index (κ3) is 2.12. The number of aromatic amines is 1. The molecule has 0 atom stereocenters.